The Bertz CT molecular complexity index is 1130. The van der Waals surface area contributed by atoms with Gasteiger partial charge in [-0.05, 0) is 46.5 Å². The Kier molecular flexibility index (Phi) is 7.46. The van der Waals surface area contributed by atoms with E-state index in [1.807, 2.05) is 41.9 Å². The van der Waals surface area contributed by atoms with E-state index in [-0.39, 0.29) is 11.2 Å². The zero-order chi connectivity index (χ0) is 22.5. The van der Waals surface area contributed by atoms with Gasteiger partial charge in [-0.2, -0.15) is 0 Å². The van der Waals surface area contributed by atoms with Gasteiger partial charge in [0.25, 0.3) is 5.56 Å². The standard InChI is InChI=1S/C23H34N6O2/c1-17(26(3)4)11-9-10-14-28-22(30)20-21(27(5)23(28)31)25-19(15-24-2)29(20)16-18-12-7-6-8-13-18/h6-8,12-13,17,24H,9-11,14-16H2,1-5H3/t17-/m1/s1. The number of benzene rings is 1. The summed E-state index contributed by atoms with van der Waals surface area (Å²) in [5.41, 5.74) is 1.44. The summed E-state index contributed by atoms with van der Waals surface area (Å²) in [7, 11) is 7.67. The largest absolute Gasteiger partial charge is 0.332 e. The fraction of sp³-hybridized carbons (Fsp3) is 0.522. The van der Waals surface area contributed by atoms with Gasteiger partial charge >= 0.3 is 5.69 Å². The molecule has 168 valence electrons. The highest BCUT2D eigenvalue weighted by atomic mass is 16.2. The van der Waals surface area contributed by atoms with Gasteiger partial charge in [-0.1, -0.05) is 36.8 Å². The second-order valence-corrected chi connectivity index (χ2v) is 8.41. The maximum absolute atomic E-state index is 13.4. The van der Waals surface area contributed by atoms with Gasteiger partial charge in [0.1, 0.15) is 5.82 Å². The number of nitrogens with zero attached hydrogens (tertiary/aromatic N) is 5. The molecule has 0 fully saturated rings. The molecule has 2 aromatic heterocycles. The van der Waals surface area contributed by atoms with Crippen molar-refractivity contribution in [1.82, 2.24) is 28.9 Å². The molecule has 31 heavy (non-hydrogen) atoms. The summed E-state index contributed by atoms with van der Waals surface area (Å²) in [6.45, 7) is 3.64. The van der Waals surface area contributed by atoms with Crippen molar-refractivity contribution in [2.75, 3.05) is 21.1 Å². The van der Waals surface area contributed by atoms with Crippen LogP contribution in [0, 0.1) is 0 Å². The van der Waals surface area contributed by atoms with Crippen LogP contribution in [0.5, 0.6) is 0 Å². The fourth-order valence-corrected chi connectivity index (χ4v) is 3.81. The maximum atomic E-state index is 13.4. The van der Waals surface area contributed by atoms with E-state index in [4.69, 9.17) is 0 Å². The highest BCUT2D eigenvalue weighted by Gasteiger charge is 2.20. The van der Waals surface area contributed by atoms with Crippen LogP contribution in [0.2, 0.25) is 0 Å². The number of aryl methyl sites for hydroxylation is 1. The Hall–Kier alpha value is -2.71. The lowest BCUT2D eigenvalue weighted by atomic mass is 10.1. The molecule has 0 spiro atoms. The Morgan fingerprint density at radius 3 is 2.45 bits per heavy atom. The average molecular weight is 427 g/mol. The maximum Gasteiger partial charge on any atom is 0.332 e. The molecule has 1 aromatic carbocycles. The fourth-order valence-electron chi connectivity index (χ4n) is 3.81. The van der Waals surface area contributed by atoms with Crippen molar-refractivity contribution in [2.24, 2.45) is 7.05 Å². The van der Waals surface area contributed by atoms with Crippen LogP contribution in [0.3, 0.4) is 0 Å². The van der Waals surface area contributed by atoms with Crippen molar-refractivity contribution in [3.05, 3.63) is 62.6 Å². The molecule has 1 N–H and O–H groups in total. The summed E-state index contributed by atoms with van der Waals surface area (Å²) in [6.07, 6.45) is 2.78. The lowest BCUT2D eigenvalue weighted by molar-refractivity contribution is 0.290. The smallest absolute Gasteiger partial charge is 0.317 e. The van der Waals surface area contributed by atoms with Crippen LogP contribution < -0.4 is 16.6 Å². The van der Waals surface area contributed by atoms with Gasteiger partial charge in [0.2, 0.25) is 0 Å². The normalized spacial score (nSPS) is 12.7. The Morgan fingerprint density at radius 1 is 1.10 bits per heavy atom. The molecule has 1 atom stereocenters. The quantitative estimate of drug-likeness (QED) is 0.500. The Morgan fingerprint density at radius 2 is 1.81 bits per heavy atom. The van der Waals surface area contributed by atoms with Gasteiger partial charge in [0.05, 0.1) is 6.54 Å². The number of rotatable bonds is 10. The van der Waals surface area contributed by atoms with E-state index in [0.29, 0.717) is 36.8 Å². The molecule has 0 bridgehead atoms. The van der Waals surface area contributed by atoms with Gasteiger partial charge in [0, 0.05) is 26.2 Å². The molecule has 0 saturated carbocycles. The van der Waals surface area contributed by atoms with Gasteiger partial charge < -0.3 is 14.8 Å². The number of hydrogen-bond donors (Lipinski definition) is 1. The van der Waals surface area contributed by atoms with Crippen LogP contribution in [0.25, 0.3) is 11.2 Å². The minimum absolute atomic E-state index is 0.260. The molecule has 8 nitrogen and oxygen atoms in total. The van der Waals surface area contributed by atoms with Crippen molar-refractivity contribution < 1.29 is 0 Å². The van der Waals surface area contributed by atoms with Crippen molar-refractivity contribution in [3.8, 4) is 0 Å². The predicted molar refractivity (Wildman–Crippen MR) is 125 cm³/mol. The molecule has 0 radical (unpaired) electrons. The Labute approximate surface area is 183 Å². The van der Waals surface area contributed by atoms with Crippen LogP contribution in [0.15, 0.2) is 39.9 Å². The molecule has 3 aromatic rings. The summed E-state index contributed by atoms with van der Waals surface area (Å²) in [6, 6.07) is 10.5. The van der Waals surface area contributed by atoms with Crippen LogP contribution in [-0.4, -0.2) is 50.8 Å². The van der Waals surface area contributed by atoms with Gasteiger partial charge in [-0.15, -0.1) is 0 Å². The minimum atomic E-state index is -0.307. The molecule has 0 aliphatic rings. The highest BCUT2D eigenvalue weighted by molar-refractivity contribution is 5.71. The van der Waals surface area contributed by atoms with E-state index in [1.54, 1.807) is 7.05 Å². The molecular formula is C23H34N6O2. The lowest BCUT2D eigenvalue weighted by Crippen LogP contribution is -2.39. The van der Waals surface area contributed by atoms with Crippen LogP contribution in [0.4, 0.5) is 0 Å². The van der Waals surface area contributed by atoms with Crippen LogP contribution in [-0.2, 0) is 26.7 Å². The van der Waals surface area contributed by atoms with E-state index < -0.39 is 0 Å². The first kappa shape index (κ1) is 23.0. The summed E-state index contributed by atoms with van der Waals surface area (Å²) < 4.78 is 4.81. The topological polar surface area (TPSA) is 77.1 Å². The molecule has 0 unspecified atom stereocenters. The van der Waals surface area contributed by atoms with E-state index in [1.165, 1.54) is 9.13 Å². The van der Waals surface area contributed by atoms with Crippen molar-refractivity contribution in [1.29, 1.82) is 0 Å². The van der Waals surface area contributed by atoms with Gasteiger partial charge in [-0.25, -0.2) is 9.78 Å². The molecular weight excluding hydrogens is 392 g/mol. The number of hydrogen-bond acceptors (Lipinski definition) is 5. The van der Waals surface area contributed by atoms with Crippen LogP contribution in [0.1, 0.15) is 37.6 Å². The first-order valence-electron chi connectivity index (χ1n) is 10.9. The summed E-state index contributed by atoms with van der Waals surface area (Å²) in [5, 5.41) is 3.12. The van der Waals surface area contributed by atoms with Crippen molar-refractivity contribution in [3.63, 3.8) is 0 Å². The van der Waals surface area contributed by atoms with E-state index in [9.17, 15) is 9.59 Å². The third kappa shape index (κ3) is 4.97. The van der Waals surface area contributed by atoms with Crippen molar-refractivity contribution in [2.45, 2.75) is 51.9 Å². The first-order chi connectivity index (χ1) is 14.8. The molecule has 0 aliphatic heterocycles. The Balaban J connectivity index is 2.00. The lowest BCUT2D eigenvalue weighted by Gasteiger charge is -2.19. The number of aromatic nitrogens is 4. The van der Waals surface area contributed by atoms with Gasteiger partial charge in [0.15, 0.2) is 11.2 Å². The summed E-state index contributed by atoms with van der Waals surface area (Å²) >= 11 is 0. The molecule has 2 heterocycles. The second-order valence-electron chi connectivity index (χ2n) is 8.41. The molecule has 8 heteroatoms. The third-order valence-electron chi connectivity index (χ3n) is 5.97. The molecule has 0 amide bonds. The SMILES string of the molecule is CNCc1nc2c(c(=O)n(CCCC[C@@H](C)N(C)C)c(=O)n2C)n1Cc1ccccc1. The first-order valence-corrected chi connectivity index (χ1v) is 10.9. The zero-order valence-electron chi connectivity index (χ0n) is 19.3. The summed E-state index contributed by atoms with van der Waals surface area (Å²) in [5.74, 6) is 0.742. The van der Waals surface area contributed by atoms with Gasteiger partial charge in [-0.3, -0.25) is 13.9 Å². The molecule has 3 rings (SSSR count). The van der Waals surface area contributed by atoms with E-state index in [0.717, 1.165) is 30.7 Å². The highest BCUT2D eigenvalue weighted by Crippen LogP contribution is 2.14. The number of unbranched alkanes of at least 4 members (excludes halogenated alkanes) is 1. The van der Waals surface area contributed by atoms with Crippen LogP contribution >= 0.6 is 0 Å². The number of imidazole rings is 1. The van der Waals surface area contributed by atoms with E-state index >= 15 is 0 Å². The average Bonchev–Trinajstić information content (AvgIpc) is 3.10. The van der Waals surface area contributed by atoms with E-state index in [2.05, 4.69) is 36.2 Å². The predicted octanol–water partition coefficient (Wildman–Crippen LogP) is 1.78. The number of fused-ring (bicyclic) bond motifs is 1. The molecule has 0 saturated heterocycles. The number of nitrogens with one attached hydrogen (secondary N) is 1. The zero-order valence-corrected chi connectivity index (χ0v) is 19.3. The second kappa shape index (κ2) is 10.1. The third-order valence-corrected chi connectivity index (χ3v) is 5.97. The minimum Gasteiger partial charge on any atom is -0.317 e. The van der Waals surface area contributed by atoms with Crippen molar-refractivity contribution >= 4 is 11.2 Å². The summed E-state index contributed by atoms with van der Waals surface area (Å²) in [4.78, 5) is 33.2. The molecule has 0 aliphatic carbocycles. The monoisotopic (exact) mass is 426 g/mol.